The maximum Gasteiger partial charge on any atom is 0.423 e. The zero-order valence-electron chi connectivity index (χ0n) is 8.55. The van der Waals surface area contributed by atoms with Crippen molar-refractivity contribution in [2.45, 2.75) is 35.6 Å². The zero-order valence-corrected chi connectivity index (χ0v) is 9.31. The number of ether oxygens (including phenoxy) is 1. The molecular formula is C8H4ClF9O. The van der Waals surface area contributed by atoms with E-state index in [-0.39, 0.29) is 0 Å². The van der Waals surface area contributed by atoms with Crippen LogP contribution >= 0.6 is 11.6 Å². The van der Waals surface area contributed by atoms with Gasteiger partial charge in [0.05, 0.1) is 5.38 Å². The van der Waals surface area contributed by atoms with E-state index < -0.39 is 41.2 Å². The van der Waals surface area contributed by atoms with Gasteiger partial charge in [0.15, 0.2) is 0 Å². The summed E-state index contributed by atoms with van der Waals surface area (Å²) in [6.45, 7) is 2.67. The fraction of sp³-hybridized carbons (Fsp3) is 0.750. The Morgan fingerprint density at radius 1 is 1.00 bits per heavy atom. The van der Waals surface area contributed by atoms with Gasteiger partial charge in [-0.3, -0.25) is 0 Å². The Balaban J connectivity index is 3.14. The van der Waals surface area contributed by atoms with Crippen LogP contribution in [0.25, 0.3) is 0 Å². The molecule has 1 aliphatic rings. The summed E-state index contributed by atoms with van der Waals surface area (Å²) in [5, 5.41) is -2.19. The number of alkyl halides is 10. The van der Waals surface area contributed by atoms with Gasteiger partial charge in [0.2, 0.25) is 5.60 Å². The quantitative estimate of drug-likeness (QED) is 0.424. The van der Waals surface area contributed by atoms with Gasteiger partial charge in [-0.05, 0) is 5.57 Å². The van der Waals surface area contributed by atoms with Crippen LogP contribution in [0, 0.1) is 0 Å². The lowest BCUT2D eigenvalue weighted by atomic mass is 10.2. The van der Waals surface area contributed by atoms with E-state index in [4.69, 9.17) is 11.6 Å². The molecule has 1 rings (SSSR count). The Morgan fingerprint density at radius 2 is 1.32 bits per heavy atom. The molecule has 0 aliphatic heterocycles. The Bertz CT molecular complexity index is 367. The van der Waals surface area contributed by atoms with E-state index in [0.717, 1.165) is 0 Å². The maximum atomic E-state index is 12.5. The first-order valence-corrected chi connectivity index (χ1v) is 4.80. The molecule has 0 bridgehead atoms. The minimum atomic E-state index is -6.06. The predicted octanol–water partition coefficient (Wildman–Crippen LogP) is 3.97. The fourth-order valence-electron chi connectivity index (χ4n) is 1.36. The molecule has 0 aromatic heterocycles. The molecule has 0 aromatic carbocycles. The lowest BCUT2D eigenvalue weighted by Gasteiger charge is -2.29. The highest BCUT2D eigenvalue weighted by molar-refractivity contribution is 6.27. The molecule has 2 unspecified atom stereocenters. The minimum Gasteiger partial charge on any atom is -0.338 e. The van der Waals surface area contributed by atoms with Crippen molar-refractivity contribution >= 4 is 11.6 Å². The topological polar surface area (TPSA) is 9.23 Å². The first-order chi connectivity index (χ1) is 8.15. The van der Waals surface area contributed by atoms with Crippen molar-refractivity contribution in [1.82, 2.24) is 0 Å². The second-order valence-electron chi connectivity index (χ2n) is 3.70. The molecule has 0 heterocycles. The third-order valence-corrected chi connectivity index (χ3v) is 2.95. The molecule has 0 N–H and O–H groups in total. The van der Waals surface area contributed by atoms with Crippen LogP contribution in [-0.2, 0) is 4.74 Å². The monoisotopic (exact) mass is 322 g/mol. The van der Waals surface area contributed by atoms with Crippen LogP contribution in [0.1, 0.15) is 0 Å². The van der Waals surface area contributed by atoms with Gasteiger partial charge in [-0.1, -0.05) is 6.58 Å². The van der Waals surface area contributed by atoms with Crippen molar-refractivity contribution in [3.63, 3.8) is 0 Å². The molecule has 1 aliphatic carbocycles. The van der Waals surface area contributed by atoms with Crippen molar-refractivity contribution in [2.75, 3.05) is 0 Å². The Labute approximate surface area is 105 Å². The predicted molar refractivity (Wildman–Crippen MR) is 44.5 cm³/mol. The second kappa shape index (κ2) is 4.18. The molecule has 0 saturated heterocycles. The number of rotatable bonds is 2. The molecule has 1 fully saturated rings. The number of hydrogen-bond acceptors (Lipinski definition) is 1. The molecule has 0 spiro atoms. The van der Waals surface area contributed by atoms with Crippen LogP contribution in [0.5, 0.6) is 0 Å². The van der Waals surface area contributed by atoms with E-state index in [0.29, 0.717) is 0 Å². The van der Waals surface area contributed by atoms with Gasteiger partial charge >= 0.3 is 18.5 Å². The van der Waals surface area contributed by atoms with Crippen molar-refractivity contribution in [2.24, 2.45) is 0 Å². The van der Waals surface area contributed by atoms with Gasteiger partial charge in [-0.2, -0.15) is 39.5 Å². The summed E-state index contributed by atoms with van der Waals surface area (Å²) in [5.74, 6) is 0. The third-order valence-electron chi connectivity index (χ3n) is 2.38. The summed E-state index contributed by atoms with van der Waals surface area (Å²) in [6.07, 6.45) is -22.3. The summed E-state index contributed by atoms with van der Waals surface area (Å²) in [5.41, 5.74) is -4.93. The van der Waals surface area contributed by atoms with E-state index in [1.54, 1.807) is 0 Å². The normalized spacial score (nSPS) is 29.0. The molecule has 1 saturated carbocycles. The van der Waals surface area contributed by atoms with Crippen molar-refractivity contribution < 1.29 is 44.3 Å². The van der Waals surface area contributed by atoms with E-state index in [2.05, 4.69) is 11.3 Å². The highest BCUT2D eigenvalue weighted by Crippen LogP contribution is 2.61. The average Bonchev–Trinajstić information content (AvgIpc) is 2.62. The van der Waals surface area contributed by atoms with Crippen LogP contribution in [0.2, 0.25) is 0 Å². The smallest absolute Gasteiger partial charge is 0.338 e. The standard InChI is InChI=1S/C8H4ClF9O/c1-2-3(9)5(2,8(16,17)18)19-4(6(10,11)12)7(13,14)15/h3-4H,1H2. The Kier molecular flexibility index (Phi) is 3.61. The maximum absolute atomic E-state index is 12.5. The number of halogens is 10. The Hall–Kier alpha value is -0.640. The summed E-state index contributed by atoms with van der Waals surface area (Å²) in [6, 6.07) is 0. The zero-order chi connectivity index (χ0) is 15.4. The molecular weight excluding hydrogens is 319 g/mol. The summed E-state index contributed by atoms with van der Waals surface area (Å²) >= 11 is 5.01. The fourth-order valence-corrected chi connectivity index (χ4v) is 1.78. The average molecular weight is 323 g/mol. The highest BCUT2D eigenvalue weighted by atomic mass is 35.5. The third kappa shape index (κ3) is 2.64. The lowest BCUT2D eigenvalue weighted by Crippen LogP contribution is -2.51. The van der Waals surface area contributed by atoms with E-state index in [1.165, 1.54) is 0 Å². The van der Waals surface area contributed by atoms with Crippen molar-refractivity contribution in [1.29, 1.82) is 0 Å². The van der Waals surface area contributed by atoms with Gasteiger partial charge in [0.1, 0.15) is 0 Å². The van der Waals surface area contributed by atoms with Gasteiger partial charge in [0, 0.05) is 0 Å². The van der Waals surface area contributed by atoms with Crippen LogP contribution in [0.15, 0.2) is 12.2 Å². The van der Waals surface area contributed by atoms with Gasteiger partial charge in [-0.25, -0.2) is 0 Å². The SMILES string of the molecule is C=C1C(Cl)C1(OC(C(F)(F)F)C(F)(F)F)C(F)(F)F. The summed E-state index contributed by atoms with van der Waals surface area (Å²) in [7, 11) is 0. The van der Waals surface area contributed by atoms with Crippen LogP contribution < -0.4 is 0 Å². The van der Waals surface area contributed by atoms with Gasteiger partial charge in [-0.15, -0.1) is 11.6 Å². The molecule has 1 nitrogen and oxygen atoms in total. The van der Waals surface area contributed by atoms with Gasteiger partial charge in [0.25, 0.3) is 6.10 Å². The minimum absolute atomic E-state index is 1.10. The molecule has 0 radical (unpaired) electrons. The first-order valence-electron chi connectivity index (χ1n) is 4.37. The van der Waals surface area contributed by atoms with Crippen molar-refractivity contribution in [3.05, 3.63) is 12.2 Å². The molecule has 11 heteroatoms. The van der Waals surface area contributed by atoms with E-state index >= 15 is 0 Å². The molecule has 112 valence electrons. The summed E-state index contributed by atoms with van der Waals surface area (Å²) < 4.78 is 114. The Morgan fingerprint density at radius 3 is 1.47 bits per heavy atom. The molecule has 2 atom stereocenters. The number of hydrogen-bond donors (Lipinski definition) is 0. The van der Waals surface area contributed by atoms with Crippen LogP contribution in [0.4, 0.5) is 39.5 Å². The molecule has 0 aromatic rings. The van der Waals surface area contributed by atoms with Crippen LogP contribution in [0.3, 0.4) is 0 Å². The largest absolute Gasteiger partial charge is 0.423 e. The highest BCUT2D eigenvalue weighted by Gasteiger charge is 2.79. The molecule has 19 heavy (non-hydrogen) atoms. The summed E-state index contributed by atoms with van der Waals surface area (Å²) in [4.78, 5) is 0. The van der Waals surface area contributed by atoms with E-state index in [9.17, 15) is 39.5 Å². The van der Waals surface area contributed by atoms with Crippen LogP contribution in [-0.4, -0.2) is 35.6 Å². The van der Waals surface area contributed by atoms with Gasteiger partial charge < -0.3 is 4.74 Å². The second-order valence-corrected chi connectivity index (χ2v) is 4.14. The lowest BCUT2D eigenvalue weighted by molar-refractivity contribution is -0.358. The van der Waals surface area contributed by atoms with Crippen molar-refractivity contribution in [3.8, 4) is 0 Å². The molecule has 0 amide bonds. The van der Waals surface area contributed by atoms with E-state index in [1.807, 2.05) is 0 Å². The first kappa shape index (κ1) is 16.4.